The first-order valence-electron chi connectivity index (χ1n) is 13.7. The highest BCUT2D eigenvalue weighted by molar-refractivity contribution is 6.39. The average Bonchev–Trinajstić information content (AvgIpc) is 3.91. The van der Waals surface area contributed by atoms with Crippen molar-refractivity contribution < 1.29 is 18.8 Å². The van der Waals surface area contributed by atoms with Gasteiger partial charge >= 0.3 is 5.97 Å². The molecule has 7 nitrogen and oxygen atoms in total. The summed E-state index contributed by atoms with van der Waals surface area (Å²) in [7, 11) is 3.19. The molecule has 0 radical (unpaired) electrons. The molecule has 2 aliphatic carbocycles. The predicted octanol–water partition coefficient (Wildman–Crippen LogP) is 8.70. The van der Waals surface area contributed by atoms with E-state index in [0.717, 1.165) is 47.1 Å². The van der Waals surface area contributed by atoms with Gasteiger partial charge in [0.05, 0.1) is 28.2 Å². The first-order valence-corrected chi connectivity index (χ1v) is 14.9. The monoisotopic (exact) mass is 621 g/mol. The Morgan fingerprint density at radius 1 is 1.02 bits per heavy atom. The zero-order valence-corrected chi connectivity index (χ0v) is 25.1. The van der Waals surface area contributed by atoms with Crippen molar-refractivity contribution in [1.82, 2.24) is 14.9 Å². The number of rotatable bonds is 8. The van der Waals surface area contributed by atoms with Crippen LogP contribution >= 0.6 is 34.8 Å². The van der Waals surface area contributed by atoms with Gasteiger partial charge in [0.2, 0.25) is 0 Å². The number of nitrogens with zero attached hydrogens (tertiary/aromatic N) is 3. The molecule has 2 atom stereocenters. The summed E-state index contributed by atoms with van der Waals surface area (Å²) in [5.41, 5.74) is 5.61. The van der Waals surface area contributed by atoms with Crippen LogP contribution in [0.4, 0.5) is 0 Å². The highest BCUT2D eigenvalue weighted by atomic mass is 35.5. The molecule has 0 N–H and O–H groups in total. The maximum absolute atomic E-state index is 12.1. The second-order valence-corrected chi connectivity index (χ2v) is 12.1. The number of aryl methyl sites for hydroxylation is 1. The number of hydrogen-bond acceptors (Lipinski definition) is 6. The van der Waals surface area contributed by atoms with E-state index in [-0.39, 0.29) is 6.61 Å². The van der Waals surface area contributed by atoms with Crippen LogP contribution in [0.1, 0.15) is 70.0 Å². The van der Waals surface area contributed by atoms with Gasteiger partial charge in [-0.15, -0.1) is 0 Å². The van der Waals surface area contributed by atoms with Gasteiger partial charge in [-0.25, -0.2) is 4.79 Å². The lowest BCUT2D eigenvalue weighted by Crippen LogP contribution is -2.03. The van der Waals surface area contributed by atoms with Crippen molar-refractivity contribution in [3.63, 3.8) is 0 Å². The lowest BCUT2D eigenvalue weighted by Gasteiger charge is -2.11. The van der Waals surface area contributed by atoms with Gasteiger partial charge in [0.25, 0.3) is 0 Å². The van der Waals surface area contributed by atoms with E-state index in [4.69, 9.17) is 48.8 Å². The molecule has 2 unspecified atom stereocenters. The van der Waals surface area contributed by atoms with Gasteiger partial charge in [0, 0.05) is 28.9 Å². The standard InChI is InChI=1S/C32H26Cl3N3O4/c1-38-27-12-17(8-10-20(27)30(36-38)32(39)40-2)21-14-22(21)19-11-9-18(13-26(19)35)41-15-23-29(37-42-31(23)16-6-7-16)28-24(33)4-3-5-25(28)34/h3-5,8-13,16,21-22H,6-7,14-15H2,1-2H3. The number of benzene rings is 3. The Kier molecular flexibility index (Phi) is 6.92. The summed E-state index contributed by atoms with van der Waals surface area (Å²) in [5, 5.41) is 11.2. The van der Waals surface area contributed by atoms with Crippen LogP contribution < -0.4 is 4.74 Å². The summed E-state index contributed by atoms with van der Waals surface area (Å²) in [6.07, 6.45) is 3.10. The highest BCUT2D eigenvalue weighted by Gasteiger charge is 2.41. The maximum atomic E-state index is 12.1. The average molecular weight is 623 g/mol. The number of methoxy groups -OCH3 is 1. The summed E-state index contributed by atoms with van der Waals surface area (Å²) in [5.74, 6) is 2.01. The van der Waals surface area contributed by atoms with Crippen LogP contribution in [0.5, 0.6) is 5.75 Å². The van der Waals surface area contributed by atoms with Gasteiger partial charge < -0.3 is 14.0 Å². The minimum Gasteiger partial charge on any atom is -0.489 e. The van der Waals surface area contributed by atoms with Crippen molar-refractivity contribution >= 4 is 51.7 Å². The number of fused-ring (bicyclic) bond motifs is 1. The number of halogens is 3. The van der Waals surface area contributed by atoms with E-state index in [1.54, 1.807) is 22.9 Å². The maximum Gasteiger partial charge on any atom is 0.359 e. The number of esters is 1. The number of aromatic nitrogens is 3. The van der Waals surface area contributed by atoms with Gasteiger partial charge in [-0.1, -0.05) is 64.2 Å². The first kappa shape index (κ1) is 27.3. The first-order chi connectivity index (χ1) is 20.3. The minimum absolute atomic E-state index is 0.256. The Morgan fingerprint density at radius 2 is 1.81 bits per heavy atom. The van der Waals surface area contributed by atoms with Crippen molar-refractivity contribution in [3.05, 3.63) is 97.8 Å². The largest absolute Gasteiger partial charge is 0.489 e. The molecule has 10 heteroatoms. The van der Waals surface area contributed by atoms with Crippen LogP contribution in [0.3, 0.4) is 0 Å². The molecule has 2 saturated carbocycles. The van der Waals surface area contributed by atoms with Crippen LogP contribution in [0.15, 0.2) is 59.1 Å². The minimum atomic E-state index is -0.441. The summed E-state index contributed by atoms with van der Waals surface area (Å²) in [6, 6.07) is 17.4. The van der Waals surface area contributed by atoms with Gasteiger partial charge in [-0.3, -0.25) is 4.68 Å². The Hall–Kier alpha value is -3.52. The Balaban J connectivity index is 1.09. The molecule has 7 rings (SSSR count). The van der Waals surface area contributed by atoms with Crippen molar-refractivity contribution in [1.29, 1.82) is 0 Å². The fourth-order valence-corrected chi connectivity index (χ4v) is 6.65. The third kappa shape index (κ3) is 4.83. The quantitative estimate of drug-likeness (QED) is 0.161. The molecule has 0 saturated heterocycles. The van der Waals surface area contributed by atoms with E-state index in [0.29, 0.717) is 55.5 Å². The predicted molar refractivity (Wildman–Crippen MR) is 162 cm³/mol. The lowest BCUT2D eigenvalue weighted by molar-refractivity contribution is 0.0595. The number of carbonyl (C=O) groups is 1. The van der Waals surface area contributed by atoms with E-state index >= 15 is 0 Å². The summed E-state index contributed by atoms with van der Waals surface area (Å²) in [4.78, 5) is 12.1. The van der Waals surface area contributed by atoms with Crippen LogP contribution in [-0.4, -0.2) is 28.0 Å². The molecule has 5 aromatic rings. The van der Waals surface area contributed by atoms with Gasteiger partial charge in [-0.05, 0) is 72.6 Å². The van der Waals surface area contributed by atoms with Gasteiger partial charge in [-0.2, -0.15) is 5.10 Å². The molecule has 0 aliphatic heterocycles. The molecule has 214 valence electrons. The Morgan fingerprint density at radius 3 is 2.52 bits per heavy atom. The number of hydrogen-bond donors (Lipinski definition) is 0. The fraction of sp³-hybridized carbons (Fsp3) is 0.281. The molecule has 0 amide bonds. The zero-order chi connectivity index (χ0) is 29.1. The third-order valence-electron chi connectivity index (χ3n) is 8.19. The highest BCUT2D eigenvalue weighted by Crippen LogP contribution is 2.56. The van der Waals surface area contributed by atoms with Crippen LogP contribution in [-0.2, 0) is 18.4 Å². The molecular formula is C32H26Cl3N3O4. The fourth-order valence-electron chi connectivity index (χ4n) is 5.76. The van der Waals surface area contributed by atoms with Crippen molar-refractivity contribution in [2.45, 2.75) is 43.6 Å². The van der Waals surface area contributed by atoms with Crippen molar-refractivity contribution in [2.75, 3.05) is 7.11 Å². The normalized spacial score (nSPS) is 17.9. The Labute approximate surface area is 257 Å². The molecule has 2 aromatic heterocycles. The SMILES string of the molecule is COC(=O)c1nn(C)c2cc(C3CC3c3ccc(OCc4c(-c5c(Cl)cccc5Cl)noc4C4CC4)cc3Cl)ccc12. The molecular weight excluding hydrogens is 597 g/mol. The molecule has 42 heavy (non-hydrogen) atoms. The van der Waals surface area contributed by atoms with Crippen molar-refractivity contribution in [2.24, 2.45) is 7.05 Å². The molecule has 3 aromatic carbocycles. The second kappa shape index (κ2) is 10.6. The van der Waals surface area contributed by atoms with Crippen LogP contribution in [0.2, 0.25) is 15.1 Å². The van der Waals surface area contributed by atoms with E-state index in [1.807, 2.05) is 31.3 Å². The molecule has 2 heterocycles. The summed E-state index contributed by atoms with van der Waals surface area (Å²) < 4.78 is 18.6. The smallest absolute Gasteiger partial charge is 0.359 e. The van der Waals surface area contributed by atoms with E-state index in [2.05, 4.69) is 22.4 Å². The van der Waals surface area contributed by atoms with E-state index in [9.17, 15) is 4.79 Å². The molecule has 2 aliphatic rings. The second-order valence-electron chi connectivity index (χ2n) is 10.9. The zero-order valence-electron chi connectivity index (χ0n) is 22.9. The van der Waals surface area contributed by atoms with Gasteiger partial charge in [0.15, 0.2) is 5.69 Å². The van der Waals surface area contributed by atoms with Crippen LogP contribution in [0, 0.1) is 0 Å². The van der Waals surface area contributed by atoms with E-state index < -0.39 is 5.97 Å². The summed E-state index contributed by atoms with van der Waals surface area (Å²) in [6.45, 7) is 0.256. The third-order valence-corrected chi connectivity index (χ3v) is 9.15. The number of carbonyl (C=O) groups excluding carboxylic acids is 1. The van der Waals surface area contributed by atoms with Crippen molar-refractivity contribution in [3.8, 4) is 17.0 Å². The topological polar surface area (TPSA) is 79.4 Å². The lowest BCUT2D eigenvalue weighted by atomic mass is 10.0. The van der Waals surface area contributed by atoms with Crippen LogP contribution in [0.25, 0.3) is 22.2 Å². The molecule has 2 fully saturated rings. The molecule has 0 bridgehead atoms. The number of ether oxygens (including phenoxy) is 2. The summed E-state index contributed by atoms with van der Waals surface area (Å²) >= 11 is 19.8. The van der Waals surface area contributed by atoms with E-state index in [1.165, 1.54) is 12.7 Å². The Bertz CT molecular complexity index is 1840. The molecule has 0 spiro atoms. The van der Waals surface area contributed by atoms with Gasteiger partial charge in [0.1, 0.15) is 23.8 Å².